The van der Waals surface area contributed by atoms with Crippen LogP contribution in [0.25, 0.3) is 16.5 Å². The number of nitrogens with one attached hydrogen (secondary N) is 1. The molecule has 148 valence electrons. The van der Waals surface area contributed by atoms with Crippen LogP contribution in [0.5, 0.6) is 5.75 Å². The summed E-state index contributed by atoms with van der Waals surface area (Å²) < 4.78 is 5.47. The third kappa shape index (κ3) is 4.51. The molecule has 3 rings (SSSR count). The van der Waals surface area contributed by atoms with E-state index >= 15 is 0 Å². The number of benzene rings is 1. The summed E-state index contributed by atoms with van der Waals surface area (Å²) in [7, 11) is 4.76. The van der Waals surface area contributed by atoms with Crippen LogP contribution in [0.4, 0.5) is 0 Å². The number of likely N-dealkylation sites (N-methyl/N-ethyl adjacent to an activating group) is 1. The van der Waals surface area contributed by atoms with Crippen molar-refractivity contribution in [2.24, 2.45) is 5.92 Å². The van der Waals surface area contributed by atoms with Crippen LogP contribution in [0.15, 0.2) is 30.5 Å². The number of H-pyrrole nitrogens is 1. The molecule has 2 N–H and O–H groups in total. The average molecular weight is 373 g/mol. The highest BCUT2D eigenvalue weighted by atomic mass is 16.5. The number of carbonyl (C=O) groups is 1. The zero-order valence-electron chi connectivity index (χ0n) is 17.0. The smallest absolute Gasteiger partial charge is 0.230 e. The Kier molecular flexibility index (Phi) is 7.45. The standard InChI is InChI=1S/C20H27N3O2.CH4O/c1-5-23(6-2)20(24)16-9-15(12-22(3)13-16)18-11-17(25-4)10-14-7-8-21-19(14)18;1-2/h7-11,16,21H,5-6,12-13H2,1-4H3;2H,1H3/t16-;/m1./s1. The number of aliphatic hydroxyl groups is 1. The number of hydrogen-bond donors (Lipinski definition) is 2. The second-order valence-corrected chi connectivity index (χ2v) is 6.62. The second kappa shape index (κ2) is 9.58. The maximum Gasteiger partial charge on any atom is 0.230 e. The van der Waals surface area contributed by atoms with Crippen LogP contribution in [0.3, 0.4) is 0 Å². The molecular formula is C21H31N3O3. The Labute approximate surface area is 161 Å². The summed E-state index contributed by atoms with van der Waals surface area (Å²) in [5, 5.41) is 8.12. The molecule has 0 bridgehead atoms. The highest BCUT2D eigenvalue weighted by molar-refractivity contribution is 5.94. The summed E-state index contributed by atoms with van der Waals surface area (Å²) in [6.07, 6.45) is 4.09. The fraction of sp³-hybridized carbons (Fsp3) is 0.476. The zero-order valence-corrected chi connectivity index (χ0v) is 17.0. The predicted octanol–water partition coefficient (Wildman–Crippen LogP) is 2.60. The van der Waals surface area contributed by atoms with Gasteiger partial charge < -0.3 is 24.6 Å². The number of rotatable bonds is 5. The second-order valence-electron chi connectivity index (χ2n) is 6.62. The summed E-state index contributed by atoms with van der Waals surface area (Å²) in [5.41, 5.74) is 3.38. The monoisotopic (exact) mass is 373 g/mol. The molecule has 2 aromatic rings. The Morgan fingerprint density at radius 1 is 1.33 bits per heavy atom. The molecule has 1 amide bonds. The van der Waals surface area contributed by atoms with Gasteiger partial charge in [-0.3, -0.25) is 4.79 Å². The van der Waals surface area contributed by atoms with Gasteiger partial charge in [0.1, 0.15) is 5.75 Å². The molecule has 2 heterocycles. The maximum atomic E-state index is 12.8. The Balaban J connectivity index is 0.00000126. The van der Waals surface area contributed by atoms with Gasteiger partial charge in [0.15, 0.2) is 0 Å². The largest absolute Gasteiger partial charge is 0.497 e. The first-order valence-electron chi connectivity index (χ1n) is 9.35. The van der Waals surface area contributed by atoms with Crippen LogP contribution in [-0.2, 0) is 4.79 Å². The molecule has 0 saturated carbocycles. The van der Waals surface area contributed by atoms with Crippen molar-refractivity contribution in [3.05, 3.63) is 36.0 Å². The maximum absolute atomic E-state index is 12.8. The number of nitrogens with zero attached hydrogens (tertiary/aromatic N) is 2. The predicted molar refractivity (Wildman–Crippen MR) is 110 cm³/mol. The van der Waals surface area contributed by atoms with Gasteiger partial charge in [-0.1, -0.05) is 6.08 Å². The molecule has 0 spiro atoms. The minimum atomic E-state index is -0.107. The third-order valence-electron chi connectivity index (χ3n) is 4.96. The summed E-state index contributed by atoms with van der Waals surface area (Å²) in [4.78, 5) is 20.3. The fourth-order valence-corrected chi connectivity index (χ4v) is 3.65. The van der Waals surface area contributed by atoms with E-state index in [9.17, 15) is 4.79 Å². The number of fused-ring (bicyclic) bond motifs is 1. The number of ether oxygens (including phenoxy) is 1. The van der Waals surface area contributed by atoms with Crippen molar-refractivity contribution in [3.8, 4) is 5.75 Å². The zero-order chi connectivity index (χ0) is 20.0. The van der Waals surface area contributed by atoms with E-state index in [1.54, 1.807) is 7.11 Å². The lowest BCUT2D eigenvalue weighted by molar-refractivity contribution is -0.134. The molecule has 6 heteroatoms. The number of amides is 1. The normalized spacial score (nSPS) is 17.1. The molecule has 6 nitrogen and oxygen atoms in total. The Hall–Kier alpha value is -2.31. The van der Waals surface area contributed by atoms with Gasteiger partial charge in [0.05, 0.1) is 18.5 Å². The molecule has 0 fully saturated rings. The topological polar surface area (TPSA) is 68.8 Å². The van der Waals surface area contributed by atoms with Crippen LogP contribution >= 0.6 is 0 Å². The van der Waals surface area contributed by atoms with Crippen molar-refractivity contribution in [3.63, 3.8) is 0 Å². The Bertz CT molecular complexity index is 793. The molecule has 0 radical (unpaired) electrons. The molecule has 1 aromatic heterocycles. The molecular weight excluding hydrogens is 342 g/mol. The summed E-state index contributed by atoms with van der Waals surface area (Å²) >= 11 is 0. The number of aromatic amines is 1. The van der Waals surface area contributed by atoms with E-state index in [-0.39, 0.29) is 11.8 Å². The van der Waals surface area contributed by atoms with Crippen LogP contribution in [0, 0.1) is 5.92 Å². The van der Waals surface area contributed by atoms with Crippen molar-refractivity contribution >= 4 is 22.4 Å². The molecule has 1 atom stereocenters. The van der Waals surface area contributed by atoms with Crippen LogP contribution < -0.4 is 4.74 Å². The molecule has 1 aliphatic rings. The first-order chi connectivity index (χ1) is 13.1. The van der Waals surface area contributed by atoms with Gasteiger partial charge in [-0.2, -0.15) is 0 Å². The van der Waals surface area contributed by atoms with E-state index in [1.807, 2.05) is 37.1 Å². The number of aromatic nitrogens is 1. The summed E-state index contributed by atoms with van der Waals surface area (Å²) in [6, 6.07) is 6.14. The molecule has 0 saturated heterocycles. The molecule has 0 aliphatic carbocycles. The lowest BCUT2D eigenvalue weighted by Gasteiger charge is -2.32. The van der Waals surface area contributed by atoms with E-state index in [0.717, 1.165) is 55.5 Å². The first kappa shape index (κ1) is 21.0. The van der Waals surface area contributed by atoms with E-state index in [4.69, 9.17) is 9.84 Å². The number of hydrogen-bond acceptors (Lipinski definition) is 4. The number of carbonyl (C=O) groups excluding carboxylic acids is 1. The van der Waals surface area contributed by atoms with Gasteiger partial charge in [0.25, 0.3) is 0 Å². The highest BCUT2D eigenvalue weighted by Gasteiger charge is 2.27. The Morgan fingerprint density at radius 3 is 2.67 bits per heavy atom. The van der Waals surface area contributed by atoms with E-state index < -0.39 is 0 Å². The van der Waals surface area contributed by atoms with Gasteiger partial charge in [0.2, 0.25) is 5.91 Å². The van der Waals surface area contributed by atoms with E-state index in [2.05, 4.69) is 29.1 Å². The van der Waals surface area contributed by atoms with Crippen molar-refractivity contribution < 1.29 is 14.6 Å². The fourth-order valence-electron chi connectivity index (χ4n) is 3.65. The molecule has 1 aliphatic heterocycles. The van der Waals surface area contributed by atoms with Gasteiger partial charge in [0, 0.05) is 50.4 Å². The van der Waals surface area contributed by atoms with Crippen molar-refractivity contribution in [1.29, 1.82) is 0 Å². The summed E-state index contributed by atoms with van der Waals surface area (Å²) in [5.74, 6) is 0.937. The minimum Gasteiger partial charge on any atom is -0.497 e. The molecule has 27 heavy (non-hydrogen) atoms. The quantitative estimate of drug-likeness (QED) is 0.845. The average Bonchev–Trinajstić information content (AvgIpc) is 3.17. The van der Waals surface area contributed by atoms with E-state index in [1.165, 1.54) is 5.57 Å². The van der Waals surface area contributed by atoms with Gasteiger partial charge >= 0.3 is 0 Å². The molecule has 0 unspecified atom stereocenters. The van der Waals surface area contributed by atoms with Crippen molar-refractivity contribution in [2.75, 3.05) is 47.4 Å². The minimum absolute atomic E-state index is 0.107. The lowest BCUT2D eigenvalue weighted by Crippen LogP contribution is -2.42. The lowest BCUT2D eigenvalue weighted by atomic mass is 9.93. The van der Waals surface area contributed by atoms with Crippen molar-refractivity contribution in [2.45, 2.75) is 13.8 Å². The number of methoxy groups -OCH3 is 1. The SMILES string of the molecule is CCN(CC)C(=O)[C@@H]1C=C(c2cc(OC)cc3cc[nH]c23)CN(C)C1.CO. The first-order valence-corrected chi connectivity index (χ1v) is 9.35. The molecule has 1 aromatic carbocycles. The number of aliphatic hydroxyl groups excluding tert-OH is 1. The van der Waals surface area contributed by atoms with Crippen LogP contribution in [-0.4, -0.2) is 73.2 Å². The van der Waals surface area contributed by atoms with Crippen LogP contribution in [0.2, 0.25) is 0 Å². The third-order valence-corrected chi connectivity index (χ3v) is 4.96. The van der Waals surface area contributed by atoms with Crippen LogP contribution in [0.1, 0.15) is 19.4 Å². The highest BCUT2D eigenvalue weighted by Crippen LogP contribution is 2.32. The Morgan fingerprint density at radius 2 is 2.04 bits per heavy atom. The van der Waals surface area contributed by atoms with Gasteiger partial charge in [-0.05, 0) is 44.7 Å². The van der Waals surface area contributed by atoms with Gasteiger partial charge in [-0.25, -0.2) is 0 Å². The van der Waals surface area contributed by atoms with Crippen molar-refractivity contribution in [1.82, 2.24) is 14.8 Å². The van der Waals surface area contributed by atoms with Gasteiger partial charge in [-0.15, -0.1) is 0 Å². The summed E-state index contributed by atoms with van der Waals surface area (Å²) in [6.45, 7) is 7.14. The van der Waals surface area contributed by atoms with E-state index in [0.29, 0.717) is 0 Å².